The molecule has 2 heteroatoms. The SMILES string of the molecule is CCCC1(C2CCCC2)C=CC(N)C(C2CCCC2)=C1N. The maximum absolute atomic E-state index is 6.84. The minimum absolute atomic E-state index is 0.0690. The second-order valence-corrected chi connectivity index (χ2v) is 7.51. The van der Waals surface area contributed by atoms with Gasteiger partial charge in [-0.2, -0.15) is 0 Å². The van der Waals surface area contributed by atoms with Crippen molar-refractivity contribution >= 4 is 0 Å². The standard InChI is InChI=1S/C19H32N2/c1-2-12-19(15-9-5-6-10-15)13-11-16(20)17(18(19)21)14-7-3-4-8-14/h11,13-16H,2-10,12,20-21H2,1H3. The normalized spacial score (nSPS) is 35.0. The Morgan fingerprint density at radius 3 is 2.33 bits per heavy atom. The molecule has 2 nitrogen and oxygen atoms in total. The smallest absolute Gasteiger partial charge is 0.0463 e. The van der Waals surface area contributed by atoms with Crippen LogP contribution in [0.2, 0.25) is 0 Å². The van der Waals surface area contributed by atoms with Gasteiger partial charge in [-0.05, 0) is 49.5 Å². The fourth-order valence-electron chi connectivity index (χ4n) is 5.28. The Hall–Kier alpha value is -0.760. The lowest BCUT2D eigenvalue weighted by Gasteiger charge is -2.43. The van der Waals surface area contributed by atoms with Gasteiger partial charge in [0.05, 0.1) is 0 Å². The quantitative estimate of drug-likeness (QED) is 0.759. The van der Waals surface area contributed by atoms with Gasteiger partial charge < -0.3 is 11.5 Å². The Kier molecular flexibility index (Phi) is 4.44. The lowest BCUT2D eigenvalue weighted by Crippen LogP contribution is -2.42. The van der Waals surface area contributed by atoms with E-state index in [0.29, 0.717) is 5.92 Å². The summed E-state index contributed by atoms with van der Waals surface area (Å²) in [5.41, 5.74) is 16.0. The average Bonchev–Trinajstić information content (AvgIpc) is 3.15. The van der Waals surface area contributed by atoms with Crippen molar-refractivity contribution in [1.29, 1.82) is 0 Å². The lowest BCUT2D eigenvalue weighted by atomic mass is 9.63. The van der Waals surface area contributed by atoms with E-state index in [-0.39, 0.29) is 11.5 Å². The van der Waals surface area contributed by atoms with Crippen LogP contribution in [0.3, 0.4) is 0 Å². The van der Waals surface area contributed by atoms with Crippen LogP contribution in [0.25, 0.3) is 0 Å². The zero-order valence-corrected chi connectivity index (χ0v) is 13.6. The van der Waals surface area contributed by atoms with E-state index in [1.807, 2.05) is 0 Å². The van der Waals surface area contributed by atoms with Crippen molar-refractivity contribution in [2.45, 2.75) is 77.2 Å². The van der Waals surface area contributed by atoms with Gasteiger partial charge in [-0.25, -0.2) is 0 Å². The molecular weight excluding hydrogens is 256 g/mol. The molecule has 0 bridgehead atoms. The Bertz CT molecular complexity index is 425. The predicted molar refractivity (Wildman–Crippen MR) is 89.6 cm³/mol. The highest BCUT2D eigenvalue weighted by molar-refractivity contribution is 5.39. The number of hydrogen-bond acceptors (Lipinski definition) is 2. The molecule has 3 aliphatic carbocycles. The van der Waals surface area contributed by atoms with E-state index < -0.39 is 0 Å². The first-order chi connectivity index (χ1) is 10.2. The van der Waals surface area contributed by atoms with Gasteiger partial charge in [-0.15, -0.1) is 0 Å². The molecule has 0 radical (unpaired) electrons. The summed E-state index contributed by atoms with van der Waals surface area (Å²) in [6.45, 7) is 2.29. The van der Waals surface area contributed by atoms with Gasteiger partial charge in [-0.3, -0.25) is 0 Å². The summed E-state index contributed by atoms with van der Waals surface area (Å²) in [7, 11) is 0. The van der Waals surface area contributed by atoms with Crippen LogP contribution in [-0.2, 0) is 0 Å². The van der Waals surface area contributed by atoms with E-state index in [9.17, 15) is 0 Å². The highest BCUT2D eigenvalue weighted by Gasteiger charge is 2.44. The number of nitrogens with two attached hydrogens (primary N) is 2. The van der Waals surface area contributed by atoms with E-state index in [1.54, 1.807) is 0 Å². The van der Waals surface area contributed by atoms with Crippen LogP contribution >= 0.6 is 0 Å². The van der Waals surface area contributed by atoms with Crippen LogP contribution in [0.1, 0.15) is 71.1 Å². The molecule has 2 atom stereocenters. The van der Waals surface area contributed by atoms with Gasteiger partial charge in [0.1, 0.15) is 0 Å². The monoisotopic (exact) mass is 288 g/mol. The molecule has 0 aromatic heterocycles. The molecule has 0 spiro atoms. The first kappa shape index (κ1) is 15.1. The molecule has 2 fully saturated rings. The predicted octanol–water partition coefficient (Wildman–Crippen LogP) is 4.26. The van der Waals surface area contributed by atoms with Crippen molar-refractivity contribution in [2.75, 3.05) is 0 Å². The summed E-state index contributed by atoms with van der Waals surface area (Å²) >= 11 is 0. The molecule has 0 aromatic carbocycles. The average molecular weight is 288 g/mol. The lowest BCUT2D eigenvalue weighted by molar-refractivity contribution is 0.248. The number of rotatable bonds is 4. The minimum Gasteiger partial charge on any atom is -0.401 e. The van der Waals surface area contributed by atoms with Gasteiger partial charge in [0.25, 0.3) is 0 Å². The fraction of sp³-hybridized carbons (Fsp3) is 0.789. The third-order valence-corrected chi connectivity index (χ3v) is 6.31. The minimum atomic E-state index is 0.0690. The third-order valence-electron chi connectivity index (χ3n) is 6.31. The fourth-order valence-corrected chi connectivity index (χ4v) is 5.28. The molecule has 21 heavy (non-hydrogen) atoms. The van der Waals surface area contributed by atoms with Crippen molar-refractivity contribution in [1.82, 2.24) is 0 Å². The first-order valence-electron chi connectivity index (χ1n) is 9.14. The Morgan fingerprint density at radius 2 is 1.71 bits per heavy atom. The molecule has 118 valence electrons. The summed E-state index contributed by atoms with van der Waals surface area (Å²) in [4.78, 5) is 0. The van der Waals surface area contributed by atoms with Crippen LogP contribution in [0.4, 0.5) is 0 Å². The molecule has 0 amide bonds. The van der Waals surface area contributed by atoms with Crippen molar-refractivity contribution in [3.8, 4) is 0 Å². The van der Waals surface area contributed by atoms with Crippen LogP contribution in [0, 0.1) is 17.3 Å². The van der Waals surface area contributed by atoms with Crippen LogP contribution in [0.5, 0.6) is 0 Å². The Labute approximate surface area is 130 Å². The van der Waals surface area contributed by atoms with Crippen LogP contribution in [0.15, 0.2) is 23.4 Å². The molecule has 4 N–H and O–H groups in total. The summed E-state index contributed by atoms with van der Waals surface area (Å²) in [6, 6.07) is 0.0690. The van der Waals surface area contributed by atoms with E-state index in [1.165, 1.54) is 75.5 Å². The van der Waals surface area contributed by atoms with Crippen molar-refractivity contribution in [3.05, 3.63) is 23.4 Å². The van der Waals surface area contributed by atoms with Crippen LogP contribution in [-0.4, -0.2) is 6.04 Å². The van der Waals surface area contributed by atoms with E-state index >= 15 is 0 Å². The van der Waals surface area contributed by atoms with E-state index in [2.05, 4.69) is 19.1 Å². The highest BCUT2D eigenvalue weighted by Crippen LogP contribution is 2.52. The summed E-state index contributed by atoms with van der Waals surface area (Å²) in [5.74, 6) is 1.40. The number of allylic oxidation sites excluding steroid dienone is 1. The second kappa shape index (κ2) is 6.16. The molecule has 3 rings (SSSR count). The highest BCUT2D eigenvalue weighted by atomic mass is 14.7. The molecule has 2 saturated carbocycles. The summed E-state index contributed by atoms with van der Waals surface area (Å²) in [6.07, 6.45) is 17.8. The van der Waals surface area contributed by atoms with Gasteiger partial charge in [-0.1, -0.05) is 51.2 Å². The first-order valence-corrected chi connectivity index (χ1v) is 9.14. The molecule has 0 saturated heterocycles. The van der Waals surface area contributed by atoms with Gasteiger partial charge in [0.2, 0.25) is 0 Å². The van der Waals surface area contributed by atoms with Crippen LogP contribution < -0.4 is 11.5 Å². The molecule has 3 aliphatic rings. The zero-order valence-electron chi connectivity index (χ0n) is 13.6. The maximum Gasteiger partial charge on any atom is 0.0463 e. The zero-order chi connectivity index (χ0) is 14.9. The second-order valence-electron chi connectivity index (χ2n) is 7.51. The van der Waals surface area contributed by atoms with E-state index in [0.717, 1.165) is 5.92 Å². The summed E-state index contributed by atoms with van der Waals surface area (Å²) in [5, 5.41) is 0. The molecule has 0 aliphatic heterocycles. The molecular formula is C19H32N2. The van der Waals surface area contributed by atoms with Crippen molar-refractivity contribution in [3.63, 3.8) is 0 Å². The Balaban J connectivity index is 1.99. The van der Waals surface area contributed by atoms with E-state index in [4.69, 9.17) is 11.5 Å². The molecule has 0 aromatic rings. The topological polar surface area (TPSA) is 52.0 Å². The van der Waals surface area contributed by atoms with Gasteiger partial charge in [0, 0.05) is 17.2 Å². The maximum atomic E-state index is 6.84. The van der Waals surface area contributed by atoms with Gasteiger partial charge in [0.15, 0.2) is 0 Å². The molecule has 2 unspecified atom stereocenters. The number of hydrogen-bond donors (Lipinski definition) is 2. The largest absolute Gasteiger partial charge is 0.401 e. The third kappa shape index (κ3) is 2.56. The van der Waals surface area contributed by atoms with Crippen molar-refractivity contribution < 1.29 is 0 Å². The summed E-state index contributed by atoms with van der Waals surface area (Å²) < 4.78 is 0. The Morgan fingerprint density at radius 1 is 1.10 bits per heavy atom. The van der Waals surface area contributed by atoms with Crippen molar-refractivity contribution in [2.24, 2.45) is 28.7 Å². The van der Waals surface area contributed by atoms with Gasteiger partial charge >= 0.3 is 0 Å². The molecule has 0 heterocycles.